The van der Waals surface area contributed by atoms with E-state index in [4.69, 9.17) is 32.7 Å². The van der Waals surface area contributed by atoms with E-state index in [0.717, 1.165) is 22.6 Å². The van der Waals surface area contributed by atoms with E-state index < -0.39 is 0 Å². The van der Waals surface area contributed by atoms with Crippen molar-refractivity contribution < 1.29 is 14.3 Å². The van der Waals surface area contributed by atoms with Crippen molar-refractivity contribution in [1.82, 2.24) is 9.99 Å². The molecule has 2 aromatic carbocycles. The lowest BCUT2D eigenvalue weighted by Crippen LogP contribution is -2.24. The van der Waals surface area contributed by atoms with Crippen LogP contribution in [0.3, 0.4) is 0 Å². The summed E-state index contributed by atoms with van der Waals surface area (Å²) >= 11 is 12.5. The number of hydrogen-bond acceptors (Lipinski definition) is 4. The maximum absolute atomic E-state index is 12.0. The molecule has 1 N–H and O–H groups in total. The second-order valence-corrected chi connectivity index (χ2v) is 7.33. The number of nitrogens with zero attached hydrogens (tertiary/aromatic N) is 2. The molecule has 3 rings (SSSR count). The SMILES string of the molecule is COc1ccccc1OCC(=O)N/N=C/c1cc(C)n(-c2cc(Cl)ccc2Cl)c1C. The fourth-order valence-electron chi connectivity index (χ4n) is 3.03. The van der Waals surface area contributed by atoms with Gasteiger partial charge in [0, 0.05) is 22.0 Å². The molecular formula is C22H21Cl2N3O3. The summed E-state index contributed by atoms with van der Waals surface area (Å²) in [7, 11) is 1.54. The molecule has 0 radical (unpaired) electrons. The molecule has 0 atom stereocenters. The van der Waals surface area contributed by atoms with Crippen LogP contribution < -0.4 is 14.9 Å². The number of benzene rings is 2. The lowest BCUT2D eigenvalue weighted by atomic mass is 10.2. The molecule has 1 amide bonds. The number of carbonyl (C=O) groups excluding carboxylic acids is 1. The van der Waals surface area contributed by atoms with Crippen molar-refractivity contribution in [3.05, 3.63) is 75.5 Å². The third kappa shape index (κ3) is 4.96. The highest BCUT2D eigenvalue weighted by atomic mass is 35.5. The number of methoxy groups -OCH3 is 1. The Kier molecular flexibility index (Phi) is 7.03. The van der Waals surface area contributed by atoms with E-state index in [0.29, 0.717) is 21.5 Å². The number of carbonyl (C=O) groups is 1. The molecule has 0 aliphatic carbocycles. The van der Waals surface area contributed by atoms with Gasteiger partial charge in [0.1, 0.15) is 0 Å². The molecule has 1 aromatic heterocycles. The zero-order valence-electron chi connectivity index (χ0n) is 16.8. The lowest BCUT2D eigenvalue weighted by molar-refractivity contribution is -0.123. The molecule has 0 aliphatic heterocycles. The highest BCUT2D eigenvalue weighted by Crippen LogP contribution is 2.28. The molecule has 0 unspecified atom stereocenters. The summed E-state index contributed by atoms with van der Waals surface area (Å²) in [5.74, 6) is 0.658. The molecule has 156 valence electrons. The predicted octanol–water partition coefficient (Wildman–Crippen LogP) is 4.94. The zero-order chi connectivity index (χ0) is 21.7. The number of amides is 1. The lowest BCUT2D eigenvalue weighted by Gasteiger charge is -2.12. The van der Waals surface area contributed by atoms with Gasteiger partial charge in [-0.15, -0.1) is 0 Å². The molecule has 8 heteroatoms. The van der Waals surface area contributed by atoms with Crippen LogP contribution in [0.15, 0.2) is 53.6 Å². The Hall–Kier alpha value is -2.96. The molecule has 3 aromatic rings. The number of halogens is 2. The second kappa shape index (κ2) is 9.69. The van der Waals surface area contributed by atoms with Crippen LogP contribution in [0.2, 0.25) is 10.0 Å². The minimum Gasteiger partial charge on any atom is -0.493 e. The molecule has 0 spiro atoms. The van der Waals surface area contributed by atoms with Crippen LogP contribution in [-0.2, 0) is 4.79 Å². The number of ether oxygens (including phenoxy) is 2. The third-order valence-electron chi connectivity index (χ3n) is 4.44. The van der Waals surface area contributed by atoms with Gasteiger partial charge in [-0.25, -0.2) is 5.43 Å². The van der Waals surface area contributed by atoms with Crippen LogP contribution in [0.4, 0.5) is 0 Å². The monoisotopic (exact) mass is 445 g/mol. The van der Waals surface area contributed by atoms with Crippen molar-refractivity contribution in [2.45, 2.75) is 13.8 Å². The number of nitrogens with one attached hydrogen (secondary N) is 1. The van der Waals surface area contributed by atoms with Gasteiger partial charge in [0.25, 0.3) is 5.91 Å². The van der Waals surface area contributed by atoms with E-state index in [1.54, 1.807) is 43.7 Å². The molecule has 1 heterocycles. The molecule has 0 bridgehead atoms. The quantitative estimate of drug-likeness (QED) is 0.413. The van der Waals surface area contributed by atoms with Gasteiger partial charge >= 0.3 is 0 Å². The summed E-state index contributed by atoms with van der Waals surface area (Å²) in [6.07, 6.45) is 1.58. The molecule has 0 saturated carbocycles. The summed E-state index contributed by atoms with van der Waals surface area (Å²) in [5, 5.41) is 5.22. The van der Waals surface area contributed by atoms with Crippen molar-refractivity contribution in [2.24, 2.45) is 5.10 Å². The van der Waals surface area contributed by atoms with Gasteiger partial charge in [-0.2, -0.15) is 5.10 Å². The summed E-state index contributed by atoms with van der Waals surface area (Å²) < 4.78 is 12.7. The van der Waals surface area contributed by atoms with Crippen LogP contribution >= 0.6 is 23.2 Å². The number of aryl methyl sites for hydroxylation is 1. The van der Waals surface area contributed by atoms with E-state index >= 15 is 0 Å². The summed E-state index contributed by atoms with van der Waals surface area (Å²) in [5.41, 5.74) is 5.97. The molecule has 0 aliphatic rings. The van der Waals surface area contributed by atoms with Gasteiger partial charge in [0.15, 0.2) is 18.1 Å². The standard InChI is InChI=1S/C22H21Cl2N3O3/c1-14-10-16(15(2)27(14)19-11-17(23)8-9-18(19)24)12-25-26-22(28)13-30-21-7-5-4-6-20(21)29-3/h4-12H,13H2,1-3H3,(H,26,28)/b25-12+. The molecule has 0 saturated heterocycles. The van der Waals surface area contributed by atoms with Gasteiger partial charge in [0.05, 0.1) is 24.0 Å². The smallest absolute Gasteiger partial charge is 0.277 e. The Balaban J connectivity index is 1.67. The largest absolute Gasteiger partial charge is 0.493 e. The molecule has 30 heavy (non-hydrogen) atoms. The normalized spacial score (nSPS) is 11.0. The number of para-hydroxylation sites is 2. The maximum Gasteiger partial charge on any atom is 0.277 e. The topological polar surface area (TPSA) is 64.8 Å². The second-order valence-electron chi connectivity index (χ2n) is 6.49. The first-order valence-corrected chi connectivity index (χ1v) is 9.88. The average Bonchev–Trinajstić information content (AvgIpc) is 3.01. The fraction of sp³-hybridized carbons (Fsp3) is 0.182. The zero-order valence-corrected chi connectivity index (χ0v) is 18.3. The number of aromatic nitrogens is 1. The predicted molar refractivity (Wildman–Crippen MR) is 119 cm³/mol. The Morgan fingerprint density at radius 2 is 1.87 bits per heavy atom. The van der Waals surface area contributed by atoms with Crippen molar-refractivity contribution in [1.29, 1.82) is 0 Å². The first kappa shape index (κ1) is 21.7. The van der Waals surface area contributed by atoms with Gasteiger partial charge in [0.2, 0.25) is 0 Å². The van der Waals surface area contributed by atoms with Crippen molar-refractivity contribution in [3.63, 3.8) is 0 Å². The number of hydrazone groups is 1. The van der Waals surface area contributed by atoms with Crippen molar-refractivity contribution >= 4 is 35.3 Å². The van der Waals surface area contributed by atoms with Crippen molar-refractivity contribution in [2.75, 3.05) is 13.7 Å². The van der Waals surface area contributed by atoms with Crippen LogP contribution in [0, 0.1) is 13.8 Å². The first-order chi connectivity index (χ1) is 14.4. The number of rotatable bonds is 7. The fourth-order valence-corrected chi connectivity index (χ4v) is 3.40. The van der Waals surface area contributed by atoms with E-state index in [-0.39, 0.29) is 12.5 Å². The van der Waals surface area contributed by atoms with Crippen LogP contribution in [0.25, 0.3) is 5.69 Å². The molecule has 0 fully saturated rings. The molecular weight excluding hydrogens is 425 g/mol. The van der Waals surface area contributed by atoms with Gasteiger partial charge in [-0.05, 0) is 50.2 Å². The van der Waals surface area contributed by atoms with Crippen LogP contribution in [-0.4, -0.2) is 30.4 Å². The van der Waals surface area contributed by atoms with Gasteiger partial charge in [-0.3, -0.25) is 4.79 Å². The minimum absolute atomic E-state index is 0.186. The van der Waals surface area contributed by atoms with E-state index in [1.807, 2.05) is 36.6 Å². The van der Waals surface area contributed by atoms with E-state index in [9.17, 15) is 4.79 Å². The third-order valence-corrected chi connectivity index (χ3v) is 4.99. The summed E-state index contributed by atoms with van der Waals surface area (Å²) in [6, 6.07) is 14.4. The Bertz CT molecular complexity index is 1090. The van der Waals surface area contributed by atoms with Crippen LogP contribution in [0.5, 0.6) is 11.5 Å². The highest BCUT2D eigenvalue weighted by Gasteiger charge is 2.13. The summed E-state index contributed by atoms with van der Waals surface area (Å²) in [6.45, 7) is 3.72. The van der Waals surface area contributed by atoms with Crippen molar-refractivity contribution in [3.8, 4) is 17.2 Å². The maximum atomic E-state index is 12.0. The number of hydrogen-bond donors (Lipinski definition) is 1. The van der Waals surface area contributed by atoms with Gasteiger partial charge < -0.3 is 14.0 Å². The van der Waals surface area contributed by atoms with Gasteiger partial charge in [-0.1, -0.05) is 35.3 Å². The Labute approximate surface area is 185 Å². The average molecular weight is 446 g/mol. The van der Waals surface area contributed by atoms with Crippen LogP contribution in [0.1, 0.15) is 17.0 Å². The minimum atomic E-state index is -0.385. The molecule has 6 nitrogen and oxygen atoms in total. The Morgan fingerprint density at radius 1 is 1.13 bits per heavy atom. The highest BCUT2D eigenvalue weighted by molar-refractivity contribution is 6.34. The first-order valence-electron chi connectivity index (χ1n) is 9.12. The Morgan fingerprint density at radius 3 is 2.60 bits per heavy atom. The van der Waals surface area contributed by atoms with E-state index in [2.05, 4.69) is 10.5 Å². The summed E-state index contributed by atoms with van der Waals surface area (Å²) in [4.78, 5) is 12.0. The van der Waals surface area contributed by atoms with E-state index in [1.165, 1.54) is 0 Å².